The maximum Gasteiger partial charge on any atom is 0.226 e. The van der Waals surface area contributed by atoms with E-state index >= 15 is 0 Å². The molecule has 1 aliphatic carbocycles. The Hall–Kier alpha value is -1.67. The second-order valence-corrected chi connectivity index (χ2v) is 5.74. The quantitative estimate of drug-likeness (QED) is 0.832. The third-order valence-corrected chi connectivity index (χ3v) is 4.49. The Morgan fingerprint density at radius 1 is 1.56 bits per heavy atom. The summed E-state index contributed by atoms with van der Waals surface area (Å²) in [7, 11) is 0. The van der Waals surface area contributed by atoms with Crippen LogP contribution in [0.15, 0.2) is 6.33 Å². The van der Waals surface area contributed by atoms with Crippen molar-refractivity contribution >= 4 is 21.6 Å². The van der Waals surface area contributed by atoms with Crippen LogP contribution < -0.4 is 4.74 Å². The van der Waals surface area contributed by atoms with Gasteiger partial charge in [-0.15, -0.1) is 11.3 Å². The number of fused-ring (bicyclic) bond motifs is 3. The summed E-state index contributed by atoms with van der Waals surface area (Å²) in [5, 5.41) is 9.64. The molecule has 2 aromatic heterocycles. The Bertz CT molecular complexity index is 629. The molecule has 0 saturated carbocycles. The molecule has 0 amide bonds. The zero-order chi connectivity index (χ0) is 12.5. The van der Waals surface area contributed by atoms with Crippen molar-refractivity contribution in [3.05, 3.63) is 16.8 Å². The van der Waals surface area contributed by atoms with Crippen molar-refractivity contribution in [2.75, 3.05) is 6.61 Å². The first-order chi connectivity index (χ1) is 8.79. The normalized spacial score (nSPS) is 18.3. The second-order valence-electron chi connectivity index (χ2n) is 4.66. The van der Waals surface area contributed by atoms with Gasteiger partial charge in [-0.1, -0.05) is 6.92 Å². The van der Waals surface area contributed by atoms with Gasteiger partial charge in [0.25, 0.3) is 0 Å². The fourth-order valence-corrected chi connectivity index (χ4v) is 3.80. The van der Waals surface area contributed by atoms with Crippen LogP contribution in [-0.4, -0.2) is 16.6 Å². The Kier molecular flexibility index (Phi) is 2.88. The van der Waals surface area contributed by atoms with Gasteiger partial charge in [-0.05, 0) is 30.7 Å². The summed E-state index contributed by atoms with van der Waals surface area (Å²) in [6, 6.07) is 1.98. The van der Waals surface area contributed by atoms with E-state index in [-0.39, 0.29) is 6.61 Å². The first-order valence-corrected chi connectivity index (χ1v) is 6.86. The van der Waals surface area contributed by atoms with Crippen molar-refractivity contribution in [1.82, 2.24) is 9.97 Å². The van der Waals surface area contributed by atoms with E-state index in [9.17, 15) is 0 Å². The molecule has 1 aliphatic rings. The van der Waals surface area contributed by atoms with E-state index in [2.05, 4.69) is 16.9 Å². The van der Waals surface area contributed by atoms with E-state index in [1.165, 1.54) is 23.2 Å². The van der Waals surface area contributed by atoms with Crippen LogP contribution in [0.2, 0.25) is 0 Å². The minimum absolute atomic E-state index is 0.0349. The van der Waals surface area contributed by atoms with Crippen molar-refractivity contribution in [3.63, 3.8) is 0 Å². The molecule has 0 bridgehead atoms. The number of hydrogen-bond acceptors (Lipinski definition) is 5. The maximum atomic E-state index is 8.61. The molecule has 4 nitrogen and oxygen atoms in total. The molecule has 0 aromatic carbocycles. The summed E-state index contributed by atoms with van der Waals surface area (Å²) in [4.78, 5) is 10.9. The summed E-state index contributed by atoms with van der Waals surface area (Å²) in [6.07, 6.45) is 4.90. The molecule has 18 heavy (non-hydrogen) atoms. The molecular weight excluding hydrogens is 246 g/mol. The molecule has 5 heteroatoms. The van der Waals surface area contributed by atoms with Crippen molar-refractivity contribution in [2.24, 2.45) is 5.92 Å². The Labute approximate surface area is 109 Å². The molecule has 0 fully saturated rings. The Morgan fingerprint density at radius 2 is 2.44 bits per heavy atom. The van der Waals surface area contributed by atoms with Crippen molar-refractivity contribution < 1.29 is 4.74 Å². The van der Waals surface area contributed by atoms with Crippen LogP contribution in [0.3, 0.4) is 0 Å². The van der Waals surface area contributed by atoms with Crippen LogP contribution in [0.4, 0.5) is 0 Å². The molecule has 3 rings (SSSR count). The molecule has 0 aliphatic heterocycles. The molecule has 0 saturated heterocycles. The van der Waals surface area contributed by atoms with Gasteiger partial charge in [0.05, 0.1) is 5.39 Å². The summed E-state index contributed by atoms with van der Waals surface area (Å²) < 4.78 is 5.41. The SMILES string of the molecule is C[C@@H]1CCc2c(sc3ncnc(OCC#N)c23)C1. The largest absolute Gasteiger partial charge is 0.462 e. The number of rotatable bonds is 2. The van der Waals surface area contributed by atoms with Gasteiger partial charge in [0.15, 0.2) is 6.61 Å². The highest BCUT2D eigenvalue weighted by Gasteiger charge is 2.23. The van der Waals surface area contributed by atoms with E-state index in [1.54, 1.807) is 11.3 Å². The summed E-state index contributed by atoms with van der Waals surface area (Å²) in [6.45, 7) is 2.32. The number of ether oxygens (including phenoxy) is 1. The smallest absolute Gasteiger partial charge is 0.226 e. The van der Waals surface area contributed by atoms with Gasteiger partial charge in [-0.2, -0.15) is 5.26 Å². The minimum Gasteiger partial charge on any atom is -0.462 e. The fraction of sp³-hybridized carbons (Fsp3) is 0.462. The first kappa shape index (κ1) is 11.4. The highest BCUT2D eigenvalue weighted by molar-refractivity contribution is 7.18. The molecule has 2 aromatic rings. The molecule has 0 spiro atoms. The predicted octanol–water partition coefficient (Wildman–Crippen LogP) is 2.72. The second kappa shape index (κ2) is 4.54. The van der Waals surface area contributed by atoms with Crippen LogP contribution in [0.25, 0.3) is 10.2 Å². The average Bonchev–Trinajstić information content (AvgIpc) is 2.73. The summed E-state index contributed by atoms with van der Waals surface area (Å²) in [5.41, 5.74) is 1.33. The lowest BCUT2D eigenvalue weighted by Crippen LogP contribution is -2.09. The maximum absolute atomic E-state index is 8.61. The number of nitrogens with zero attached hydrogens (tertiary/aromatic N) is 3. The Morgan fingerprint density at radius 3 is 3.28 bits per heavy atom. The Balaban J connectivity index is 2.12. The summed E-state index contributed by atoms with van der Waals surface area (Å²) in [5.74, 6) is 1.30. The van der Waals surface area contributed by atoms with Crippen LogP contribution in [0.5, 0.6) is 5.88 Å². The van der Waals surface area contributed by atoms with Gasteiger partial charge in [0, 0.05) is 4.88 Å². The third kappa shape index (κ3) is 1.83. The number of thiophene rings is 1. The van der Waals surface area contributed by atoms with Crippen LogP contribution in [-0.2, 0) is 12.8 Å². The highest BCUT2D eigenvalue weighted by atomic mass is 32.1. The van der Waals surface area contributed by atoms with Crippen LogP contribution in [0.1, 0.15) is 23.8 Å². The minimum atomic E-state index is 0.0349. The monoisotopic (exact) mass is 259 g/mol. The molecule has 92 valence electrons. The molecule has 0 unspecified atom stereocenters. The topological polar surface area (TPSA) is 58.8 Å². The van der Waals surface area contributed by atoms with Gasteiger partial charge in [0.1, 0.15) is 17.2 Å². The fourth-order valence-electron chi connectivity index (χ4n) is 2.46. The van der Waals surface area contributed by atoms with E-state index < -0.39 is 0 Å². The highest BCUT2D eigenvalue weighted by Crippen LogP contribution is 2.40. The number of nitriles is 1. The average molecular weight is 259 g/mol. The first-order valence-electron chi connectivity index (χ1n) is 6.04. The van der Waals surface area contributed by atoms with Crippen molar-refractivity contribution in [1.29, 1.82) is 5.26 Å². The van der Waals surface area contributed by atoms with Gasteiger partial charge in [-0.3, -0.25) is 0 Å². The summed E-state index contributed by atoms with van der Waals surface area (Å²) >= 11 is 1.74. The van der Waals surface area contributed by atoms with E-state index in [0.717, 1.165) is 29.0 Å². The van der Waals surface area contributed by atoms with E-state index in [0.29, 0.717) is 5.88 Å². The third-order valence-electron chi connectivity index (χ3n) is 3.33. The lowest BCUT2D eigenvalue weighted by Gasteiger charge is -2.17. The lowest BCUT2D eigenvalue weighted by atomic mass is 9.89. The van der Waals surface area contributed by atoms with Crippen molar-refractivity contribution in [2.45, 2.75) is 26.2 Å². The zero-order valence-corrected chi connectivity index (χ0v) is 11.0. The number of hydrogen-bond donors (Lipinski definition) is 0. The molecule has 0 radical (unpaired) electrons. The molecule has 1 atom stereocenters. The van der Waals surface area contributed by atoms with Crippen molar-refractivity contribution in [3.8, 4) is 11.9 Å². The van der Waals surface area contributed by atoms with Crippen LogP contribution >= 0.6 is 11.3 Å². The van der Waals surface area contributed by atoms with E-state index in [4.69, 9.17) is 10.00 Å². The van der Waals surface area contributed by atoms with Crippen LogP contribution in [0, 0.1) is 17.2 Å². The lowest BCUT2D eigenvalue weighted by molar-refractivity contribution is 0.357. The number of aryl methyl sites for hydroxylation is 1. The zero-order valence-electron chi connectivity index (χ0n) is 10.1. The number of aromatic nitrogens is 2. The predicted molar refractivity (Wildman–Crippen MR) is 69.7 cm³/mol. The molecular formula is C13H13N3OS. The van der Waals surface area contributed by atoms with Gasteiger partial charge in [-0.25, -0.2) is 9.97 Å². The van der Waals surface area contributed by atoms with Gasteiger partial charge >= 0.3 is 0 Å². The standard InChI is InChI=1S/C13H13N3OS/c1-8-2-3-9-10(6-8)18-13-11(9)12(15-7-16-13)17-5-4-14/h7-8H,2-3,5-6H2,1H3/t8-/m1/s1. The van der Waals surface area contributed by atoms with E-state index in [1.807, 2.05) is 6.07 Å². The van der Waals surface area contributed by atoms with Gasteiger partial charge < -0.3 is 4.74 Å². The van der Waals surface area contributed by atoms with Gasteiger partial charge in [0.2, 0.25) is 5.88 Å². The molecule has 2 heterocycles. The molecule has 0 N–H and O–H groups in total.